The van der Waals surface area contributed by atoms with Crippen LogP contribution in [0, 0.1) is 6.92 Å². The average Bonchev–Trinajstić information content (AvgIpc) is 2.85. The van der Waals surface area contributed by atoms with Crippen molar-refractivity contribution in [3.05, 3.63) is 86.7 Å². The van der Waals surface area contributed by atoms with Crippen molar-refractivity contribution in [1.29, 1.82) is 0 Å². The molecular weight excluding hydrogens is 442 g/mol. The van der Waals surface area contributed by atoms with Gasteiger partial charge in [-0.3, -0.25) is 14.3 Å². The van der Waals surface area contributed by atoms with Gasteiger partial charge in [0.1, 0.15) is 5.39 Å². The normalized spacial score (nSPS) is 14.4. The van der Waals surface area contributed by atoms with E-state index in [0.29, 0.717) is 12.4 Å². The minimum Gasteiger partial charge on any atom is -0.369 e. The number of nitrogens with one attached hydrogen (secondary N) is 2. The van der Waals surface area contributed by atoms with Crippen LogP contribution in [0.1, 0.15) is 11.1 Å². The first kappa shape index (κ1) is 22.8. The Morgan fingerprint density at radius 1 is 1.03 bits per heavy atom. The maximum atomic E-state index is 12.9. The molecule has 9 nitrogen and oxygen atoms in total. The van der Waals surface area contributed by atoms with E-state index in [1.54, 1.807) is 0 Å². The maximum Gasteiger partial charge on any atom is 0.330 e. The van der Waals surface area contributed by atoms with Crippen molar-refractivity contribution in [2.75, 3.05) is 43.4 Å². The van der Waals surface area contributed by atoms with E-state index in [-0.39, 0.29) is 17.6 Å². The molecule has 0 radical (unpaired) electrons. The zero-order chi connectivity index (χ0) is 24.4. The number of piperazine rings is 1. The Labute approximate surface area is 203 Å². The van der Waals surface area contributed by atoms with Gasteiger partial charge in [0, 0.05) is 50.3 Å². The van der Waals surface area contributed by atoms with Crippen LogP contribution in [0.3, 0.4) is 0 Å². The summed E-state index contributed by atoms with van der Waals surface area (Å²) >= 11 is 0. The minimum absolute atomic E-state index is 0.222. The lowest BCUT2D eigenvalue weighted by molar-refractivity contribution is 0.312. The van der Waals surface area contributed by atoms with Gasteiger partial charge in [-0.05, 0) is 49.7 Å². The molecule has 0 amide bonds. The fourth-order valence-corrected chi connectivity index (χ4v) is 4.45. The van der Waals surface area contributed by atoms with Gasteiger partial charge in [-0.15, -0.1) is 0 Å². The molecule has 2 aromatic carbocycles. The SMILES string of the molecule is Cc1cc(Nc2ncc3c(=O)n(CCc4ccccc4)c(=O)[nH]c3n2)ccc1N1CCN(C)CC1. The van der Waals surface area contributed by atoms with E-state index < -0.39 is 11.2 Å². The Morgan fingerprint density at radius 3 is 2.54 bits per heavy atom. The van der Waals surface area contributed by atoms with Crippen LogP contribution in [0.2, 0.25) is 0 Å². The van der Waals surface area contributed by atoms with Crippen LogP contribution >= 0.6 is 0 Å². The van der Waals surface area contributed by atoms with Gasteiger partial charge in [0.05, 0.1) is 0 Å². The van der Waals surface area contributed by atoms with Gasteiger partial charge in [0.2, 0.25) is 5.95 Å². The van der Waals surface area contributed by atoms with E-state index in [1.807, 2.05) is 36.4 Å². The fourth-order valence-electron chi connectivity index (χ4n) is 4.45. The monoisotopic (exact) mass is 471 g/mol. The van der Waals surface area contributed by atoms with Crippen LogP contribution in [0.25, 0.3) is 11.0 Å². The van der Waals surface area contributed by atoms with Crippen molar-refractivity contribution in [2.24, 2.45) is 0 Å². The summed E-state index contributed by atoms with van der Waals surface area (Å²) in [7, 11) is 2.15. The number of hydrogen-bond donors (Lipinski definition) is 2. The third-order valence-electron chi connectivity index (χ3n) is 6.50. The van der Waals surface area contributed by atoms with Gasteiger partial charge in [-0.2, -0.15) is 4.98 Å². The second kappa shape index (κ2) is 9.71. The maximum absolute atomic E-state index is 12.9. The first-order valence-corrected chi connectivity index (χ1v) is 11.8. The average molecular weight is 472 g/mol. The van der Waals surface area contributed by atoms with Crippen LogP contribution in [0.5, 0.6) is 0 Å². The molecule has 5 rings (SSSR count). The molecule has 0 atom stereocenters. The van der Waals surface area contributed by atoms with Gasteiger partial charge in [0.15, 0.2) is 5.65 Å². The molecule has 0 bridgehead atoms. The lowest BCUT2D eigenvalue weighted by Gasteiger charge is -2.35. The topological polar surface area (TPSA) is 99.1 Å². The minimum atomic E-state index is -0.476. The molecule has 1 fully saturated rings. The smallest absolute Gasteiger partial charge is 0.330 e. The standard InChI is InChI=1S/C26H29N7O2/c1-18-16-20(8-9-22(18)32-14-12-31(2)13-15-32)28-25-27-17-21-23(29-25)30-26(35)33(24(21)34)11-10-19-6-4-3-5-7-19/h3-9,16-17H,10-15H2,1-2H3,(H2,27,28,29,30,35). The highest BCUT2D eigenvalue weighted by atomic mass is 16.2. The van der Waals surface area contributed by atoms with Crippen LogP contribution in [0.4, 0.5) is 17.3 Å². The Morgan fingerprint density at radius 2 is 1.80 bits per heavy atom. The van der Waals surface area contributed by atoms with Crippen molar-refractivity contribution in [2.45, 2.75) is 19.9 Å². The Bertz CT molecular complexity index is 1450. The molecule has 180 valence electrons. The van der Waals surface area contributed by atoms with Gasteiger partial charge >= 0.3 is 5.69 Å². The predicted octanol–water partition coefficient (Wildman–Crippen LogP) is 2.53. The second-order valence-corrected chi connectivity index (χ2v) is 9.00. The second-order valence-electron chi connectivity index (χ2n) is 9.00. The number of H-pyrrole nitrogens is 1. The van der Waals surface area contributed by atoms with E-state index in [2.05, 4.69) is 56.2 Å². The van der Waals surface area contributed by atoms with Crippen LogP contribution < -0.4 is 21.5 Å². The molecule has 9 heteroatoms. The Hall–Kier alpha value is -3.98. The number of aryl methyl sites for hydroxylation is 2. The van der Waals surface area contributed by atoms with Crippen molar-refractivity contribution in [3.8, 4) is 0 Å². The summed E-state index contributed by atoms with van der Waals surface area (Å²) in [5.74, 6) is 0.321. The molecule has 1 aliphatic heterocycles. The van der Waals surface area contributed by atoms with E-state index in [4.69, 9.17) is 0 Å². The number of rotatable bonds is 6. The van der Waals surface area contributed by atoms with E-state index >= 15 is 0 Å². The molecule has 0 spiro atoms. The zero-order valence-electron chi connectivity index (χ0n) is 20.0. The largest absolute Gasteiger partial charge is 0.369 e. The molecule has 0 unspecified atom stereocenters. The van der Waals surface area contributed by atoms with Crippen molar-refractivity contribution >= 4 is 28.4 Å². The number of likely N-dealkylation sites (N-methyl/N-ethyl adjacent to an activating group) is 1. The molecular formula is C26H29N7O2. The van der Waals surface area contributed by atoms with Gasteiger partial charge < -0.3 is 15.1 Å². The molecule has 4 aromatic rings. The summed E-state index contributed by atoms with van der Waals surface area (Å²) in [6.45, 7) is 6.50. The first-order chi connectivity index (χ1) is 17.0. The highest BCUT2D eigenvalue weighted by Gasteiger charge is 2.16. The van der Waals surface area contributed by atoms with Crippen molar-refractivity contribution in [3.63, 3.8) is 0 Å². The predicted molar refractivity (Wildman–Crippen MR) is 139 cm³/mol. The molecule has 1 saturated heterocycles. The lowest BCUT2D eigenvalue weighted by atomic mass is 10.1. The molecule has 1 aliphatic rings. The first-order valence-electron chi connectivity index (χ1n) is 11.8. The molecule has 0 aliphatic carbocycles. The van der Waals surface area contributed by atoms with Crippen molar-refractivity contribution < 1.29 is 0 Å². The number of anilines is 3. The molecule has 0 saturated carbocycles. The number of benzene rings is 2. The Balaban J connectivity index is 1.35. The highest BCUT2D eigenvalue weighted by molar-refractivity contribution is 5.74. The summed E-state index contributed by atoms with van der Waals surface area (Å²) in [6, 6.07) is 15.9. The van der Waals surface area contributed by atoms with Crippen LogP contribution in [0.15, 0.2) is 64.3 Å². The Kier molecular flexibility index (Phi) is 6.33. The van der Waals surface area contributed by atoms with E-state index in [0.717, 1.165) is 43.0 Å². The lowest BCUT2D eigenvalue weighted by Crippen LogP contribution is -2.44. The number of fused-ring (bicyclic) bond motifs is 1. The van der Waals surface area contributed by atoms with E-state index in [9.17, 15) is 9.59 Å². The summed E-state index contributed by atoms with van der Waals surface area (Å²) in [6.07, 6.45) is 2.05. The quantitative estimate of drug-likeness (QED) is 0.446. The van der Waals surface area contributed by atoms with Gasteiger partial charge in [-0.1, -0.05) is 30.3 Å². The highest BCUT2D eigenvalue weighted by Crippen LogP contribution is 2.26. The number of aromatic nitrogens is 4. The van der Waals surface area contributed by atoms with Gasteiger partial charge in [-0.25, -0.2) is 9.78 Å². The third kappa shape index (κ3) is 4.95. The zero-order valence-corrected chi connectivity index (χ0v) is 20.0. The van der Waals surface area contributed by atoms with Crippen LogP contribution in [-0.4, -0.2) is 57.6 Å². The number of hydrogen-bond acceptors (Lipinski definition) is 7. The summed E-state index contributed by atoms with van der Waals surface area (Å²) in [5.41, 5.74) is 3.65. The molecule has 2 N–H and O–H groups in total. The summed E-state index contributed by atoms with van der Waals surface area (Å²) in [4.78, 5) is 41.7. The van der Waals surface area contributed by atoms with Gasteiger partial charge in [0.25, 0.3) is 5.56 Å². The van der Waals surface area contributed by atoms with Crippen molar-refractivity contribution in [1.82, 2.24) is 24.4 Å². The van der Waals surface area contributed by atoms with Crippen LogP contribution in [-0.2, 0) is 13.0 Å². The number of nitrogens with zero attached hydrogens (tertiary/aromatic N) is 5. The molecule has 2 aromatic heterocycles. The molecule has 3 heterocycles. The van der Waals surface area contributed by atoms with E-state index in [1.165, 1.54) is 16.5 Å². The summed E-state index contributed by atoms with van der Waals surface area (Å²) in [5, 5.41) is 3.48. The molecule has 35 heavy (non-hydrogen) atoms. The fraction of sp³-hybridized carbons (Fsp3) is 0.308. The third-order valence-corrected chi connectivity index (χ3v) is 6.50. The summed E-state index contributed by atoms with van der Waals surface area (Å²) < 4.78 is 1.20. The number of aromatic amines is 1.